The molecule has 0 heterocycles. The molecular formula is C11H17BrN2O2S. The zero-order valence-corrected chi connectivity index (χ0v) is 12.3. The van der Waals surface area contributed by atoms with Gasteiger partial charge in [0, 0.05) is 17.1 Å². The Morgan fingerprint density at radius 3 is 2.29 bits per heavy atom. The van der Waals surface area contributed by atoms with Crippen molar-refractivity contribution in [3.63, 3.8) is 0 Å². The van der Waals surface area contributed by atoms with E-state index in [2.05, 4.69) is 20.7 Å². The van der Waals surface area contributed by atoms with Crippen molar-refractivity contribution < 1.29 is 8.42 Å². The van der Waals surface area contributed by atoms with Crippen molar-refractivity contribution in [1.29, 1.82) is 0 Å². The maximum atomic E-state index is 11.8. The molecule has 0 aromatic heterocycles. The van der Waals surface area contributed by atoms with E-state index >= 15 is 0 Å². The molecule has 0 fully saturated rings. The fourth-order valence-corrected chi connectivity index (χ4v) is 2.69. The third-order valence-corrected chi connectivity index (χ3v) is 5.04. The van der Waals surface area contributed by atoms with Crippen molar-refractivity contribution in [1.82, 2.24) is 4.72 Å². The number of benzene rings is 1. The summed E-state index contributed by atoms with van der Waals surface area (Å²) in [6.45, 7) is 3.52. The predicted molar refractivity (Wildman–Crippen MR) is 73.1 cm³/mol. The highest BCUT2D eigenvalue weighted by molar-refractivity contribution is 9.10. The van der Waals surface area contributed by atoms with Gasteiger partial charge in [0.05, 0.1) is 5.25 Å². The molecule has 0 aliphatic carbocycles. The normalized spacial score (nSPS) is 15.5. The number of halogens is 1. The summed E-state index contributed by atoms with van der Waals surface area (Å²) < 4.78 is 27.2. The Kier molecular flexibility index (Phi) is 5.12. The highest BCUT2D eigenvalue weighted by Crippen LogP contribution is 2.17. The number of nitrogens with one attached hydrogen (secondary N) is 1. The largest absolute Gasteiger partial charge is 0.329 e. The van der Waals surface area contributed by atoms with E-state index in [9.17, 15) is 8.42 Å². The number of hydrogen-bond donors (Lipinski definition) is 2. The van der Waals surface area contributed by atoms with Gasteiger partial charge < -0.3 is 5.73 Å². The summed E-state index contributed by atoms with van der Waals surface area (Å²) >= 11 is 3.34. The van der Waals surface area contributed by atoms with Crippen molar-refractivity contribution in [2.24, 2.45) is 5.73 Å². The topological polar surface area (TPSA) is 72.2 Å². The van der Waals surface area contributed by atoms with E-state index in [1.807, 2.05) is 31.2 Å². The lowest BCUT2D eigenvalue weighted by Crippen LogP contribution is -2.38. The smallest absolute Gasteiger partial charge is 0.216 e. The fraction of sp³-hybridized carbons (Fsp3) is 0.455. The predicted octanol–water partition coefficient (Wildman–Crippen LogP) is 1.78. The average molecular weight is 321 g/mol. The second-order valence-electron chi connectivity index (χ2n) is 3.98. The summed E-state index contributed by atoms with van der Waals surface area (Å²) in [4.78, 5) is 0. The van der Waals surface area contributed by atoms with Gasteiger partial charge in [-0.05, 0) is 31.5 Å². The molecule has 6 heteroatoms. The molecule has 0 amide bonds. The van der Waals surface area contributed by atoms with E-state index in [1.165, 1.54) is 0 Å². The van der Waals surface area contributed by atoms with Gasteiger partial charge in [-0.15, -0.1) is 0 Å². The Bertz CT molecular complexity index is 459. The first-order valence-electron chi connectivity index (χ1n) is 5.33. The van der Waals surface area contributed by atoms with Crippen molar-refractivity contribution in [3.8, 4) is 0 Å². The molecule has 0 spiro atoms. The highest BCUT2D eigenvalue weighted by Gasteiger charge is 2.21. The summed E-state index contributed by atoms with van der Waals surface area (Å²) in [7, 11) is -3.35. The third kappa shape index (κ3) is 4.06. The zero-order chi connectivity index (χ0) is 13.1. The van der Waals surface area contributed by atoms with E-state index in [0.29, 0.717) is 0 Å². The second kappa shape index (κ2) is 5.95. The summed E-state index contributed by atoms with van der Waals surface area (Å²) in [5.41, 5.74) is 6.28. The second-order valence-corrected chi connectivity index (χ2v) is 7.03. The van der Waals surface area contributed by atoms with Gasteiger partial charge in [0.2, 0.25) is 10.0 Å². The molecule has 4 nitrogen and oxygen atoms in total. The van der Waals surface area contributed by atoms with Crippen LogP contribution in [-0.2, 0) is 10.0 Å². The summed E-state index contributed by atoms with van der Waals surface area (Å²) in [5.74, 6) is 0. The van der Waals surface area contributed by atoms with Crippen LogP contribution in [0.5, 0.6) is 0 Å². The zero-order valence-electron chi connectivity index (χ0n) is 9.85. The van der Waals surface area contributed by atoms with E-state index in [1.54, 1.807) is 6.92 Å². The SMILES string of the molecule is CC(NS(=O)(=O)C(C)CN)c1ccc(Br)cc1. The van der Waals surface area contributed by atoms with Crippen molar-refractivity contribution in [2.45, 2.75) is 25.1 Å². The molecule has 0 radical (unpaired) electrons. The van der Waals surface area contributed by atoms with Crippen LogP contribution in [0.1, 0.15) is 25.5 Å². The standard InChI is InChI=1S/C11H17BrN2O2S/c1-8(7-13)17(15,16)14-9(2)10-3-5-11(12)6-4-10/h3-6,8-9,14H,7,13H2,1-2H3. The highest BCUT2D eigenvalue weighted by atomic mass is 79.9. The van der Waals surface area contributed by atoms with Crippen LogP contribution in [-0.4, -0.2) is 20.2 Å². The van der Waals surface area contributed by atoms with Crippen LogP contribution in [0.2, 0.25) is 0 Å². The Morgan fingerprint density at radius 2 is 1.82 bits per heavy atom. The van der Waals surface area contributed by atoms with Gasteiger partial charge in [0.15, 0.2) is 0 Å². The van der Waals surface area contributed by atoms with Gasteiger partial charge in [-0.25, -0.2) is 13.1 Å². The maximum absolute atomic E-state index is 11.8. The molecule has 0 bridgehead atoms. The molecule has 2 atom stereocenters. The molecular weight excluding hydrogens is 304 g/mol. The maximum Gasteiger partial charge on any atom is 0.216 e. The summed E-state index contributed by atoms with van der Waals surface area (Å²) in [5, 5.41) is -0.583. The Hall–Kier alpha value is -0.430. The Labute approximate surface area is 111 Å². The lowest BCUT2D eigenvalue weighted by atomic mass is 10.1. The lowest BCUT2D eigenvalue weighted by molar-refractivity contribution is 0.555. The molecule has 3 N–H and O–H groups in total. The molecule has 0 saturated carbocycles. The van der Waals surface area contributed by atoms with Gasteiger partial charge in [-0.1, -0.05) is 28.1 Å². The Balaban J connectivity index is 2.79. The lowest BCUT2D eigenvalue weighted by Gasteiger charge is -2.17. The summed E-state index contributed by atoms with van der Waals surface area (Å²) in [6.07, 6.45) is 0. The van der Waals surface area contributed by atoms with Gasteiger partial charge in [0.1, 0.15) is 0 Å². The molecule has 1 aromatic carbocycles. The van der Waals surface area contributed by atoms with Gasteiger partial charge in [0.25, 0.3) is 0 Å². The van der Waals surface area contributed by atoms with Crippen molar-refractivity contribution in [3.05, 3.63) is 34.3 Å². The van der Waals surface area contributed by atoms with E-state index in [-0.39, 0.29) is 12.6 Å². The first kappa shape index (κ1) is 14.6. The molecule has 96 valence electrons. The molecule has 17 heavy (non-hydrogen) atoms. The first-order chi connectivity index (χ1) is 7.86. The first-order valence-corrected chi connectivity index (χ1v) is 7.67. The summed E-state index contributed by atoms with van der Waals surface area (Å²) in [6, 6.07) is 7.26. The van der Waals surface area contributed by atoms with Crippen molar-refractivity contribution in [2.75, 3.05) is 6.54 Å². The Morgan fingerprint density at radius 1 is 1.29 bits per heavy atom. The van der Waals surface area contributed by atoms with Crippen LogP contribution < -0.4 is 10.5 Å². The van der Waals surface area contributed by atoms with E-state index in [4.69, 9.17) is 5.73 Å². The minimum absolute atomic E-state index is 0.113. The van der Waals surface area contributed by atoms with Crippen LogP contribution in [0.15, 0.2) is 28.7 Å². The number of sulfonamides is 1. The number of hydrogen-bond acceptors (Lipinski definition) is 3. The van der Waals surface area contributed by atoms with Crippen LogP contribution in [0.3, 0.4) is 0 Å². The molecule has 0 saturated heterocycles. The van der Waals surface area contributed by atoms with Crippen molar-refractivity contribution >= 4 is 26.0 Å². The minimum atomic E-state index is -3.35. The van der Waals surface area contributed by atoms with E-state index in [0.717, 1.165) is 10.0 Å². The minimum Gasteiger partial charge on any atom is -0.329 e. The number of rotatable bonds is 5. The molecule has 0 aliphatic heterocycles. The van der Waals surface area contributed by atoms with Gasteiger partial charge in [-0.2, -0.15) is 0 Å². The van der Waals surface area contributed by atoms with Crippen LogP contribution in [0.4, 0.5) is 0 Å². The molecule has 2 unspecified atom stereocenters. The fourth-order valence-electron chi connectivity index (χ4n) is 1.31. The third-order valence-electron chi connectivity index (χ3n) is 2.57. The number of nitrogens with two attached hydrogens (primary N) is 1. The van der Waals surface area contributed by atoms with Crippen LogP contribution >= 0.6 is 15.9 Å². The van der Waals surface area contributed by atoms with Gasteiger partial charge in [-0.3, -0.25) is 0 Å². The molecule has 1 rings (SSSR count). The molecule has 1 aromatic rings. The van der Waals surface area contributed by atoms with E-state index < -0.39 is 15.3 Å². The monoisotopic (exact) mass is 320 g/mol. The van der Waals surface area contributed by atoms with Gasteiger partial charge >= 0.3 is 0 Å². The van der Waals surface area contributed by atoms with Crippen LogP contribution in [0, 0.1) is 0 Å². The average Bonchev–Trinajstić information content (AvgIpc) is 2.28. The molecule has 0 aliphatic rings. The van der Waals surface area contributed by atoms with Crippen LogP contribution in [0.25, 0.3) is 0 Å². The quantitative estimate of drug-likeness (QED) is 0.868.